The molecule has 9 nitrogen and oxygen atoms in total. The summed E-state index contributed by atoms with van der Waals surface area (Å²) < 4.78 is 1.47. The van der Waals surface area contributed by atoms with Crippen LogP contribution in [0.15, 0.2) is 42.6 Å². The van der Waals surface area contributed by atoms with Crippen molar-refractivity contribution < 1.29 is 20.3 Å². The van der Waals surface area contributed by atoms with E-state index in [1.807, 2.05) is 0 Å². The molecular formula is C14H12N4O5. The maximum atomic E-state index is 11.1. The number of fused-ring (bicyclic) bond motifs is 1. The highest BCUT2D eigenvalue weighted by atomic mass is 16.6. The standard InChI is InChI=1S/C14H10N4O4.H2O/c19-12(20)8-17-13(16-11-2-1-7-15-14(11)17)9-3-5-10(6-4-9)18(21)22;/h1-7H,8H2,(H,19,20);1H2. The van der Waals surface area contributed by atoms with E-state index in [2.05, 4.69) is 9.97 Å². The lowest BCUT2D eigenvalue weighted by atomic mass is 10.2. The number of nitro benzene ring substituents is 1. The second-order valence-corrected chi connectivity index (χ2v) is 4.57. The van der Waals surface area contributed by atoms with Crippen molar-refractivity contribution in [3.63, 3.8) is 0 Å². The van der Waals surface area contributed by atoms with Crippen molar-refractivity contribution in [1.82, 2.24) is 14.5 Å². The number of imidazole rings is 1. The number of nitrogens with zero attached hydrogens (tertiary/aromatic N) is 4. The normalized spacial score (nSPS) is 10.3. The summed E-state index contributed by atoms with van der Waals surface area (Å²) in [5, 5.41) is 19.8. The maximum absolute atomic E-state index is 11.1. The molecule has 3 rings (SSSR count). The number of aromatic nitrogens is 3. The van der Waals surface area contributed by atoms with Crippen LogP contribution in [-0.2, 0) is 11.3 Å². The highest BCUT2D eigenvalue weighted by molar-refractivity contribution is 5.80. The predicted molar refractivity (Wildman–Crippen MR) is 80.9 cm³/mol. The average Bonchev–Trinajstić information content (AvgIpc) is 2.86. The van der Waals surface area contributed by atoms with Gasteiger partial charge in [-0.05, 0) is 24.3 Å². The molecule has 2 aromatic heterocycles. The number of carboxylic acid groups (broad SMARTS) is 1. The van der Waals surface area contributed by atoms with Crippen LogP contribution < -0.4 is 0 Å². The van der Waals surface area contributed by atoms with E-state index >= 15 is 0 Å². The van der Waals surface area contributed by atoms with Gasteiger partial charge in [-0.2, -0.15) is 0 Å². The van der Waals surface area contributed by atoms with E-state index in [9.17, 15) is 14.9 Å². The largest absolute Gasteiger partial charge is 0.480 e. The van der Waals surface area contributed by atoms with Gasteiger partial charge in [-0.15, -0.1) is 0 Å². The van der Waals surface area contributed by atoms with Gasteiger partial charge in [0.15, 0.2) is 5.65 Å². The lowest BCUT2D eigenvalue weighted by molar-refractivity contribution is -0.384. The number of aliphatic carboxylic acids is 1. The van der Waals surface area contributed by atoms with Gasteiger partial charge in [-0.3, -0.25) is 19.5 Å². The van der Waals surface area contributed by atoms with Crippen molar-refractivity contribution in [3.05, 3.63) is 52.7 Å². The molecule has 3 N–H and O–H groups in total. The lowest BCUT2D eigenvalue weighted by Crippen LogP contribution is -2.10. The van der Waals surface area contributed by atoms with Crippen LogP contribution in [0.5, 0.6) is 0 Å². The molecule has 0 aliphatic rings. The molecule has 2 heterocycles. The van der Waals surface area contributed by atoms with Gasteiger partial charge in [0, 0.05) is 23.9 Å². The molecule has 0 saturated carbocycles. The first-order valence-corrected chi connectivity index (χ1v) is 6.34. The Morgan fingerprint density at radius 1 is 1.26 bits per heavy atom. The third kappa shape index (κ3) is 2.99. The van der Waals surface area contributed by atoms with Crippen molar-refractivity contribution in [3.8, 4) is 11.4 Å². The van der Waals surface area contributed by atoms with Crippen molar-refractivity contribution in [2.45, 2.75) is 6.54 Å². The molecule has 0 unspecified atom stereocenters. The van der Waals surface area contributed by atoms with E-state index in [-0.39, 0.29) is 17.7 Å². The summed E-state index contributed by atoms with van der Waals surface area (Å²) in [6.45, 7) is -0.292. The Morgan fingerprint density at radius 2 is 1.96 bits per heavy atom. The highest BCUT2D eigenvalue weighted by Crippen LogP contribution is 2.25. The van der Waals surface area contributed by atoms with Crippen LogP contribution in [0, 0.1) is 10.1 Å². The molecule has 0 saturated heterocycles. The molecular weight excluding hydrogens is 304 g/mol. The zero-order valence-electron chi connectivity index (χ0n) is 11.7. The molecule has 23 heavy (non-hydrogen) atoms. The average molecular weight is 316 g/mol. The van der Waals surface area contributed by atoms with E-state index in [1.165, 1.54) is 28.8 Å². The van der Waals surface area contributed by atoms with Crippen molar-refractivity contribution in [2.75, 3.05) is 0 Å². The molecule has 3 aromatic rings. The topological polar surface area (TPSA) is 143 Å². The van der Waals surface area contributed by atoms with Gasteiger partial charge >= 0.3 is 5.97 Å². The number of benzene rings is 1. The van der Waals surface area contributed by atoms with Crippen LogP contribution in [0.25, 0.3) is 22.6 Å². The highest BCUT2D eigenvalue weighted by Gasteiger charge is 2.16. The van der Waals surface area contributed by atoms with Crippen molar-refractivity contribution in [1.29, 1.82) is 0 Å². The molecule has 0 fully saturated rings. The third-order valence-corrected chi connectivity index (χ3v) is 3.13. The van der Waals surface area contributed by atoms with Crippen LogP contribution >= 0.6 is 0 Å². The van der Waals surface area contributed by atoms with E-state index < -0.39 is 10.9 Å². The Balaban J connectivity index is 0.00000192. The zero-order valence-corrected chi connectivity index (χ0v) is 11.7. The van der Waals surface area contributed by atoms with Crippen LogP contribution in [0.3, 0.4) is 0 Å². The fraction of sp³-hybridized carbons (Fsp3) is 0.0714. The number of carboxylic acids is 1. The molecule has 9 heteroatoms. The second kappa shape index (κ2) is 6.20. The minimum atomic E-state index is -1.02. The fourth-order valence-electron chi connectivity index (χ4n) is 2.20. The first-order valence-electron chi connectivity index (χ1n) is 6.34. The van der Waals surface area contributed by atoms with E-state index in [1.54, 1.807) is 18.3 Å². The molecule has 0 atom stereocenters. The van der Waals surface area contributed by atoms with Gasteiger partial charge in [0.1, 0.15) is 17.9 Å². The Morgan fingerprint density at radius 3 is 2.57 bits per heavy atom. The van der Waals surface area contributed by atoms with Crippen LogP contribution in [0.1, 0.15) is 0 Å². The molecule has 0 bridgehead atoms. The minimum Gasteiger partial charge on any atom is -0.480 e. The quantitative estimate of drug-likeness (QED) is 0.567. The molecule has 1 aromatic carbocycles. The summed E-state index contributed by atoms with van der Waals surface area (Å²) in [5.41, 5.74) is 1.57. The number of hydrogen-bond donors (Lipinski definition) is 1. The van der Waals surface area contributed by atoms with E-state index in [0.717, 1.165) is 0 Å². The monoisotopic (exact) mass is 316 g/mol. The van der Waals surface area contributed by atoms with Crippen LogP contribution in [0.4, 0.5) is 5.69 Å². The first-order chi connectivity index (χ1) is 10.6. The minimum absolute atomic E-state index is 0. The van der Waals surface area contributed by atoms with Crippen LogP contribution in [-0.4, -0.2) is 36.0 Å². The molecule has 0 radical (unpaired) electrons. The number of nitro groups is 1. The van der Waals surface area contributed by atoms with Crippen molar-refractivity contribution >= 4 is 22.8 Å². The first kappa shape index (κ1) is 16.0. The van der Waals surface area contributed by atoms with Gasteiger partial charge < -0.3 is 10.6 Å². The Labute approximate surface area is 129 Å². The Hall–Kier alpha value is -3.33. The van der Waals surface area contributed by atoms with Gasteiger partial charge in [0.25, 0.3) is 5.69 Å². The number of rotatable bonds is 4. The lowest BCUT2D eigenvalue weighted by Gasteiger charge is -2.05. The summed E-state index contributed by atoms with van der Waals surface area (Å²) in [4.78, 5) is 29.8. The predicted octanol–water partition coefficient (Wildman–Crippen LogP) is 1.27. The number of pyridine rings is 1. The Kier molecular flexibility index (Phi) is 4.32. The van der Waals surface area contributed by atoms with Gasteiger partial charge in [0.2, 0.25) is 0 Å². The molecule has 0 spiro atoms. The molecule has 118 valence electrons. The summed E-state index contributed by atoms with van der Waals surface area (Å²) in [6, 6.07) is 9.23. The van der Waals surface area contributed by atoms with Gasteiger partial charge in [-0.25, -0.2) is 9.97 Å². The number of hydrogen-bond acceptors (Lipinski definition) is 5. The van der Waals surface area contributed by atoms with E-state index in [0.29, 0.717) is 22.6 Å². The summed E-state index contributed by atoms with van der Waals surface area (Å²) in [7, 11) is 0. The zero-order chi connectivity index (χ0) is 15.7. The summed E-state index contributed by atoms with van der Waals surface area (Å²) >= 11 is 0. The van der Waals surface area contributed by atoms with Crippen molar-refractivity contribution in [2.24, 2.45) is 0 Å². The van der Waals surface area contributed by atoms with E-state index in [4.69, 9.17) is 5.11 Å². The molecule has 0 amide bonds. The Bertz CT molecular complexity index is 873. The molecule has 0 aliphatic heterocycles. The van der Waals surface area contributed by atoms with Gasteiger partial charge in [0.05, 0.1) is 4.92 Å². The number of carbonyl (C=O) groups is 1. The summed E-state index contributed by atoms with van der Waals surface area (Å²) in [5.74, 6) is -0.612. The fourth-order valence-corrected chi connectivity index (χ4v) is 2.20. The SMILES string of the molecule is O.O=C(O)Cn1c(-c2ccc([N+](=O)[O-])cc2)nc2cccnc21. The maximum Gasteiger partial charge on any atom is 0.323 e. The molecule has 0 aliphatic carbocycles. The summed E-state index contributed by atoms with van der Waals surface area (Å²) in [6.07, 6.45) is 1.56. The number of non-ortho nitro benzene ring substituents is 1. The van der Waals surface area contributed by atoms with Gasteiger partial charge in [-0.1, -0.05) is 0 Å². The second-order valence-electron chi connectivity index (χ2n) is 4.57. The smallest absolute Gasteiger partial charge is 0.323 e. The third-order valence-electron chi connectivity index (χ3n) is 3.13. The van der Waals surface area contributed by atoms with Crippen LogP contribution in [0.2, 0.25) is 0 Å².